The molecule has 1 saturated carbocycles. The van der Waals surface area contributed by atoms with E-state index in [0.717, 1.165) is 34.9 Å². The van der Waals surface area contributed by atoms with E-state index < -0.39 is 0 Å². The molecule has 0 atom stereocenters. The van der Waals surface area contributed by atoms with Crippen LogP contribution in [0.4, 0.5) is 11.5 Å². The molecular formula is C16H22N4. The molecule has 1 heterocycles. The van der Waals surface area contributed by atoms with Crippen LogP contribution in [0.15, 0.2) is 24.5 Å². The van der Waals surface area contributed by atoms with Crippen LogP contribution in [0.5, 0.6) is 0 Å². The number of hydrogen-bond donors (Lipinski definition) is 1. The van der Waals surface area contributed by atoms with Gasteiger partial charge in [0, 0.05) is 24.7 Å². The topological polar surface area (TPSA) is 55.0 Å². The van der Waals surface area contributed by atoms with Crippen molar-refractivity contribution in [2.45, 2.75) is 32.1 Å². The summed E-state index contributed by atoms with van der Waals surface area (Å²) in [5.41, 5.74) is 7.49. The molecule has 0 spiro atoms. The number of nitrogens with two attached hydrogens (primary N) is 1. The minimum Gasteiger partial charge on any atom is -0.399 e. The Morgan fingerprint density at radius 3 is 2.80 bits per heavy atom. The monoisotopic (exact) mass is 270 g/mol. The SMILES string of the molecule is CN(CC1CCCCC1)c1ncnc2cc(N)ccc12. The number of nitrogens with zero attached hydrogens (tertiary/aromatic N) is 3. The fraction of sp³-hybridized carbons (Fsp3) is 0.500. The summed E-state index contributed by atoms with van der Waals surface area (Å²) in [5.74, 6) is 1.81. The molecule has 0 unspecified atom stereocenters. The van der Waals surface area contributed by atoms with E-state index in [1.165, 1.54) is 32.1 Å². The minimum absolute atomic E-state index is 0.747. The van der Waals surface area contributed by atoms with Gasteiger partial charge in [-0.05, 0) is 37.0 Å². The van der Waals surface area contributed by atoms with E-state index in [1.807, 2.05) is 18.2 Å². The lowest BCUT2D eigenvalue weighted by atomic mass is 9.89. The maximum atomic E-state index is 5.83. The molecule has 20 heavy (non-hydrogen) atoms. The zero-order chi connectivity index (χ0) is 13.9. The number of nitrogen functional groups attached to an aromatic ring is 1. The maximum absolute atomic E-state index is 5.83. The molecule has 1 aliphatic rings. The Balaban J connectivity index is 1.85. The van der Waals surface area contributed by atoms with Crippen molar-refractivity contribution in [1.29, 1.82) is 0 Å². The van der Waals surface area contributed by atoms with Crippen molar-refractivity contribution in [3.8, 4) is 0 Å². The van der Waals surface area contributed by atoms with Gasteiger partial charge in [0.05, 0.1) is 5.52 Å². The highest BCUT2D eigenvalue weighted by molar-refractivity contribution is 5.91. The van der Waals surface area contributed by atoms with Gasteiger partial charge in [-0.2, -0.15) is 0 Å². The second-order valence-electron chi connectivity index (χ2n) is 5.86. The van der Waals surface area contributed by atoms with Crippen LogP contribution in [0.3, 0.4) is 0 Å². The Labute approximate surface area is 120 Å². The van der Waals surface area contributed by atoms with Gasteiger partial charge in [-0.3, -0.25) is 0 Å². The molecule has 2 aromatic rings. The Morgan fingerprint density at radius 1 is 1.20 bits per heavy atom. The molecular weight excluding hydrogens is 248 g/mol. The minimum atomic E-state index is 0.747. The fourth-order valence-corrected chi connectivity index (χ4v) is 3.21. The smallest absolute Gasteiger partial charge is 0.139 e. The van der Waals surface area contributed by atoms with Crippen molar-refractivity contribution in [3.05, 3.63) is 24.5 Å². The number of benzene rings is 1. The highest BCUT2D eigenvalue weighted by atomic mass is 15.2. The largest absolute Gasteiger partial charge is 0.399 e. The van der Waals surface area contributed by atoms with Gasteiger partial charge in [-0.15, -0.1) is 0 Å². The predicted molar refractivity (Wildman–Crippen MR) is 83.8 cm³/mol. The number of rotatable bonds is 3. The average molecular weight is 270 g/mol. The van der Waals surface area contributed by atoms with Crippen LogP contribution in [0.2, 0.25) is 0 Å². The van der Waals surface area contributed by atoms with E-state index in [0.29, 0.717) is 0 Å². The normalized spacial score (nSPS) is 16.4. The van der Waals surface area contributed by atoms with Crippen molar-refractivity contribution in [1.82, 2.24) is 9.97 Å². The summed E-state index contributed by atoms with van der Waals surface area (Å²) in [6.45, 7) is 1.08. The van der Waals surface area contributed by atoms with Crippen LogP contribution in [-0.2, 0) is 0 Å². The molecule has 0 radical (unpaired) electrons. The summed E-state index contributed by atoms with van der Waals surface area (Å²) in [6, 6.07) is 5.86. The summed E-state index contributed by atoms with van der Waals surface area (Å²) in [6.07, 6.45) is 8.48. The molecule has 3 rings (SSSR count). The van der Waals surface area contributed by atoms with Crippen molar-refractivity contribution in [3.63, 3.8) is 0 Å². The quantitative estimate of drug-likeness (QED) is 0.870. The van der Waals surface area contributed by atoms with E-state index in [1.54, 1.807) is 6.33 Å². The van der Waals surface area contributed by atoms with Crippen LogP contribution in [-0.4, -0.2) is 23.6 Å². The molecule has 0 saturated heterocycles. The zero-order valence-corrected chi connectivity index (χ0v) is 12.0. The third-order valence-electron chi connectivity index (χ3n) is 4.26. The third kappa shape index (κ3) is 2.69. The average Bonchev–Trinajstić information content (AvgIpc) is 2.47. The van der Waals surface area contributed by atoms with Gasteiger partial charge >= 0.3 is 0 Å². The van der Waals surface area contributed by atoms with Gasteiger partial charge in [0.1, 0.15) is 12.1 Å². The second-order valence-corrected chi connectivity index (χ2v) is 5.86. The van der Waals surface area contributed by atoms with Crippen LogP contribution in [0, 0.1) is 5.92 Å². The molecule has 4 nitrogen and oxygen atoms in total. The van der Waals surface area contributed by atoms with Crippen LogP contribution < -0.4 is 10.6 Å². The Kier molecular flexibility index (Phi) is 3.72. The zero-order valence-electron chi connectivity index (χ0n) is 12.0. The van der Waals surface area contributed by atoms with Crippen LogP contribution >= 0.6 is 0 Å². The summed E-state index contributed by atoms with van der Waals surface area (Å²) in [4.78, 5) is 11.1. The first-order chi connectivity index (χ1) is 9.74. The van der Waals surface area contributed by atoms with Crippen molar-refractivity contribution >= 4 is 22.4 Å². The van der Waals surface area contributed by atoms with Crippen molar-refractivity contribution < 1.29 is 0 Å². The maximum Gasteiger partial charge on any atom is 0.139 e. The highest BCUT2D eigenvalue weighted by Gasteiger charge is 2.17. The van der Waals surface area contributed by atoms with Crippen LogP contribution in [0.25, 0.3) is 10.9 Å². The Morgan fingerprint density at radius 2 is 2.00 bits per heavy atom. The van der Waals surface area contributed by atoms with Gasteiger partial charge in [0.2, 0.25) is 0 Å². The van der Waals surface area contributed by atoms with Gasteiger partial charge in [-0.25, -0.2) is 9.97 Å². The predicted octanol–water partition coefficient (Wildman–Crippen LogP) is 3.23. The first-order valence-electron chi connectivity index (χ1n) is 7.45. The number of fused-ring (bicyclic) bond motifs is 1. The lowest BCUT2D eigenvalue weighted by Crippen LogP contribution is -2.27. The van der Waals surface area contributed by atoms with Crippen molar-refractivity contribution in [2.75, 3.05) is 24.2 Å². The van der Waals surface area contributed by atoms with Gasteiger partial charge in [0.15, 0.2) is 0 Å². The van der Waals surface area contributed by atoms with Gasteiger partial charge < -0.3 is 10.6 Å². The third-order valence-corrected chi connectivity index (χ3v) is 4.26. The standard InChI is InChI=1S/C16H22N4/c1-20(10-12-5-3-2-4-6-12)16-14-8-7-13(17)9-15(14)18-11-19-16/h7-9,11-12H,2-6,10,17H2,1H3. The molecule has 106 valence electrons. The van der Waals surface area contributed by atoms with Gasteiger partial charge in [0.25, 0.3) is 0 Å². The lowest BCUT2D eigenvalue weighted by Gasteiger charge is -2.28. The van der Waals surface area contributed by atoms with E-state index in [2.05, 4.69) is 21.9 Å². The van der Waals surface area contributed by atoms with E-state index in [9.17, 15) is 0 Å². The Hall–Kier alpha value is -1.84. The molecule has 1 aromatic heterocycles. The Bertz CT molecular complexity index is 590. The first kappa shape index (κ1) is 13.2. The lowest BCUT2D eigenvalue weighted by molar-refractivity contribution is 0.362. The fourth-order valence-electron chi connectivity index (χ4n) is 3.21. The second kappa shape index (κ2) is 5.65. The molecule has 1 aromatic carbocycles. The molecule has 0 aliphatic heterocycles. The molecule has 1 aliphatic carbocycles. The van der Waals surface area contributed by atoms with E-state index in [-0.39, 0.29) is 0 Å². The highest BCUT2D eigenvalue weighted by Crippen LogP contribution is 2.28. The van der Waals surface area contributed by atoms with Gasteiger partial charge in [-0.1, -0.05) is 19.3 Å². The molecule has 0 bridgehead atoms. The molecule has 4 heteroatoms. The van der Waals surface area contributed by atoms with E-state index in [4.69, 9.17) is 5.73 Å². The summed E-state index contributed by atoms with van der Waals surface area (Å²) < 4.78 is 0. The molecule has 2 N–H and O–H groups in total. The van der Waals surface area contributed by atoms with Crippen LogP contribution in [0.1, 0.15) is 32.1 Å². The summed E-state index contributed by atoms with van der Waals surface area (Å²) >= 11 is 0. The first-order valence-corrected chi connectivity index (χ1v) is 7.45. The summed E-state index contributed by atoms with van der Waals surface area (Å²) in [5, 5.41) is 1.08. The number of hydrogen-bond acceptors (Lipinski definition) is 4. The summed E-state index contributed by atoms with van der Waals surface area (Å²) in [7, 11) is 2.13. The molecule has 1 fully saturated rings. The molecule has 0 amide bonds. The number of anilines is 2. The van der Waals surface area contributed by atoms with Crippen molar-refractivity contribution in [2.24, 2.45) is 5.92 Å². The number of aromatic nitrogens is 2. The van der Waals surface area contributed by atoms with E-state index >= 15 is 0 Å².